The van der Waals surface area contributed by atoms with E-state index in [1.165, 1.54) is 12.1 Å². The summed E-state index contributed by atoms with van der Waals surface area (Å²) in [7, 11) is 0. The number of nitro benzene ring substituents is 1. The van der Waals surface area contributed by atoms with Gasteiger partial charge in [0.05, 0.1) is 4.92 Å². The Morgan fingerprint density at radius 3 is 2.30 bits per heavy atom. The number of hydrogen-bond donors (Lipinski definition) is 1. The molecule has 0 aliphatic rings. The number of nitrogens with zero attached hydrogens (tertiary/aromatic N) is 3. The quantitative estimate of drug-likeness (QED) is 0.580. The highest BCUT2D eigenvalue weighted by atomic mass is 16.6. The predicted octanol–water partition coefficient (Wildman–Crippen LogP) is 2.97. The SMILES string of the molecule is NCc1ccc(Cn2ccnc2-c2ccc([N+](=O)[O-])cc2)cc1. The minimum absolute atomic E-state index is 0.0734. The number of nitro groups is 1. The van der Waals surface area contributed by atoms with Crippen molar-refractivity contribution in [1.29, 1.82) is 0 Å². The van der Waals surface area contributed by atoms with E-state index in [4.69, 9.17) is 5.73 Å². The molecule has 3 aromatic rings. The summed E-state index contributed by atoms with van der Waals surface area (Å²) in [5.41, 5.74) is 8.76. The minimum atomic E-state index is -0.407. The normalized spacial score (nSPS) is 10.7. The fraction of sp³-hybridized carbons (Fsp3) is 0.118. The van der Waals surface area contributed by atoms with Gasteiger partial charge in [-0.3, -0.25) is 10.1 Å². The molecule has 0 saturated carbocycles. The Labute approximate surface area is 133 Å². The van der Waals surface area contributed by atoms with E-state index in [-0.39, 0.29) is 5.69 Å². The second kappa shape index (κ2) is 6.41. The minimum Gasteiger partial charge on any atom is -0.327 e. The van der Waals surface area contributed by atoms with E-state index in [1.807, 2.05) is 35.0 Å². The summed E-state index contributed by atoms with van der Waals surface area (Å²) < 4.78 is 2.01. The van der Waals surface area contributed by atoms with Gasteiger partial charge in [0.2, 0.25) is 0 Å². The first-order valence-electron chi connectivity index (χ1n) is 7.21. The molecule has 23 heavy (non-hydrogen) atoms. The summed E-state index contributed by atoms with van der Waals surface area (Å²) in [6.45, 7) is 1.20. The zero-order chi connectivity index (χ0) is 16.2. The van der Waals surface area contributed by atoms with Crippen LogP contribution in [0.2, 0.25) is 0 Å². The number of aromatic nitrogens is 2. The van der Waals surface area contributed by atoms with E-state index in [0.717, 1.165) is 22.5 Å². The van der Waals surface area contributed by atoms with Crippen LogP contribution in [-0.4, -0.2) is 14.5 Å². The third-order valence-corrected chi connectivity index (χ3v) is 3.66. The molecular weight excluding hydrogens is 292 g/mol. The lowest BCUT2D eigenvalue weighted by molar-refractivity contribution is -0.384. The molecule has 1 aromatic heterocycles. The fourth-order valence-corrected chi connectivity index (χ4v) is 2.41. The Balaban J connectivity index is 1.85. The standard InChI is InChI=1S/C17H16N4O2/c18-11-13-1-3-14(4-2-13)12-20-10-9-19-17(20)15-5-7-16(8-6-15)21(22)23/h1-10H,11-12,18H2. The maximum atomic E-state index is 10.7. The third-order valence-electron chi connectivity index (χ3n) is 3.66. The van der Waals surface area contributed by atoms with Crippen LogP contribution in [0.1, 0.15) is 11.1 Å². The zero-order valence-electron chi connectivity index (χ0n) is 12.4. The lowest BCUT2D eigenvalue weighted by atomic mass is 10.1. The van der Waals surface area contributed by atoms with E-state index >= 15 is 0 Å². The zero-order valence-corrected chi connectivity index (χ0v) is 12.4. The monoisotopic (exact) mass is 308 g/mol. The third kappa shape index (κ3) is 3.27. The van der Waals surface area contributed by atoms with Crippen molar-refractivity contribution in [3.05, 3.63) is 82.2 Å². The second-order valence-corrected chi connectivity index (χ2v) is 5.20. The van der Waals surface area contributed by atoms with Gasteiger partial charge in [-0.1, -0.05) is 24.3 Å². The topological polar surface area (TPSA) is 87.0 Å². The summed E-state index contributed by atoms with van der Waals surface area (Å²) in [4.78, 5) is 14.7. The summed E-state index contributed by atoms with van der Waals surface area (Å²) in [5, 5.41) is 10.7. The maximum absolute atomic E-state index is 10.7. The molecule has 2 aromatic carbocycles. The van der Waals surface area contributed by atoms with Crippen molar-refractivity contribution in [3.63, 3.8) is 0 Å². The number of rotatable bonds is 5. The molecule has 1 heterocycles. The lowest BCUT2D eigenvalue weighted by Gasteiger charge is -2.09. The van der Waals surface area contributed by atoms with Crippen molar-refractivity contribution in [1.82, 2.24) is 9.55 Å². The van der Waals surface area contributed by atoms with E-state index in [2.05, 4.69) is 4.98 Å². The van der Waals surface area contributed by atoms with Crippen LogP contribution in [0, 0.1) is 10.1 Å². The average molecular weight is 308 g/mol. The maximum Gasteiger partial charge on any atom is 0.269 e. The molecule has 6 heteroatoms. The van der Waals surface area contributed by atoms with E-state index < -0.39 is 4.92 Å². The molecular formula is C17H16N4O2. The van der Waals surface area contributed by atoms with Crippen LogP contribution in [0.4, 0.5) is 5.69 Å². The Kier molecular flexibility index (Phi) is 4.16. The lowest BCUT2D eigenvalue weighted by Crippen LogP contribution is -2.02. The molecule has 3 rings (SSSR count). The van der Waals surface area contributed by atoms with Crippen LogP contribution in [0.5, 0.6) is 0 Å². The molecule has 0 aliphatic heterocycles. The summed E-state index contributed by atoms with van der Waals surface area (Å²) in [6.07, 6.45) is 3.62. The Morgan fingerprint density at radius 2 is 1.70 bits per heavy atom. The van der Waals surface area contributed by atoms with E-state index in [0.29, 0.717) is 13.1 Å². The van der Waals surface area contributed by atoms with Gasteiger partial charge >= 0.3 is 0 Å². The van der Waals surface area contributed by atoms with Crippen LogP contribution < -0.4 is 5.73 Å². The molecule has 0 atom stereocenters. The average Bonchev–Trinajstić information content (AvgIpc) is 3.04. The number of benzene rings is 2. The summed E-state index contributed by atoms with van der Waals surface area (Å²) >= 11 is 0. The molecule has 0 amide bonds. The highest BCUT2D eigenvalue weighted by Crippen LogP contribution is 2.22. The molecule has 0 radical (unpaired) electrons. The van der Waals surface area contributed by atoms with Gasteiger partial charge in [-0.05, 0) is 23.3 Å². The van der Waals surface area contributed by atoms with E-state index in [1.54, 1.807) is 18.3 Å². The van der Waals surface area contributed by atoms with Gasteiger partial charge in [-0.15, -0.1) is 0 Å². The van der Waals surface area contributed by atoms with Crippen LogP contribution in [0.3, 0.4) is 0 Å². The van der Waals surface area contributed by atoms with Gasteiger partial charge in [-0.25, -0.2) is 4.98 Å². The van der Waals surface area contributed by atoms with Crippen molar-refractivity contribution in [2.24, 2.45) is 5.73 Å². The number of non-ortho nitro benzene ring substituents is 1. The van der Waals surface area contributed by atoms with Crippen molar-refractivity contribution in [2.75, 3.05) is 0 Å². The van der Waals surface area contributed by atoms with Crippen molar-refractivity contribution >= 4 is 5.69 Å². The van der Waals surface area contributed by atoms with Crippen molar-refractivity contribution < 1.29 is 4.92 Å². The Hall–Kier alpha value is -2.99. The predicted molar refractivity (Wildman–Crippen MR) is 87.8 cm³/mol. The van der Waals surface area contributed by atoms with Gasteiger partial charge in [0.15, 0.2) is 0 Å². The molecule has 0 spiro atoms. The Morgan fingerprint density at radius 1 is 1.04 bits per heavy atom. The van der Waals surface area contributed by atoms with Gasteiger partial charge in [0.1, 0.15) is 5.82 Å². The van der Waals surface area contributed by atoms with Crippen LogP contribution in [0.15, 0.2) is 60.9 Å². The largest absolute Gasteiger partial charge is 0.327 e. The summed E-state index contributed by atoms with van der Waals surface area (Å²) in [6, 6.07) is 14.5. The van der Waals surface area contributed by atoms with Crippen LogP contribution in [-0.2, 0) is 13.1 Å². The second-order valence-electron chi connectivity index (χ2n) is 5.20. The smallest absolute Gasteiger partial charge is 0.269 e. The first kappa shape index (κ1) is 14.9. The van der Waals surface area contributed by atoms with Crippen molar-refractivity contribution in [3.8, 4) is 11.4 Å². The summed E-state index contributed by atoms with van der Waals surface area (Å²) in [5.74, 6) is 0.780. The molecule has 2 N–H and O–H groups in total. The van der Waals surface area contributed by atoms with Crippen molar-refractivity contribution in [2.45, 2.75) is 13.1 Å². The van der Waals surface area contributed by atoms with Gasteiger partial charge in [0.25, 0.3) is 5.69 Å². The van der Waals surface area contributed by atoms with Gasteiger partial charge < -0.3 is 10.3 Å². The number of nitrogens with two attached hydrogens (primary N) is 1. The van der Waals surface area contributed by atoms with Crippen LogP contribution in [0.25, 0.3) is 11.4 Å². The number of hydrogen-bond acceptors (Lipinski definition) is 4. The molecule has 0 aliphatic carbocycles. The van der Waals surface area contributed by atoms with Crippen LogP contribution >= 0.6 is 0 Å². The fourth-order valence-electron chi connectivity index (χ4n) is 2.41. The van der Waals surface area contributed by atoms with Gasteiger partial charge in [0, 0.05) is 43.2 Å². The molecule has 116 valence electrons. The molecule has 0 saturated heterocycles. The van der Waals surface area contributed by atoms with Gasteiger partial charge in [-0.2, -0.15) is 0 Å². The molecule has 0 unspecified atom stereocenters. The molecule has 0 fully saturated rings. The first-order chi connectivity index (χ1) is 11.2. The Bertz CT molecular complexity index is 807. The van der Waals surface area contributed by atoms with E-state index in [9.17, 15) is 10.1 Å². The molecule has 6 nitrogen and oxygen atoms in total. The highest BCUT2D eigenvalue weighted by Gasteiger charge is 2.09. The number of imidazole rings is 1. The first-order valence-corrected chi connectivity index (χ1v) is 7.21. The molecule has 0 bridgehead atoms. The highest BCUT2D eigenvalue weighted by molar-refractivity contribution is 5.58.